The molecular formula is C12H12N2OV. The van der Waals surface area contributed by atoms with E-state index in [1.807, 2.05) is 36.7 Å². The van der Waals surface area contributed by atoms with Gasteiger partial charge in [-0.3, -0.25) is 9.97 Å². The van der Waals surface area contributed by atoms with Crippen LogP contribution in [0.4, 0.5) is 0 Å². The fraction of sp³-hybridized carbons (Fsp3) is 0.167. The molecule has 81 valence electrons. The van der Waals surface area contributed by atoms with Crippen molar-refractivity contribution in [1.29, 1.82) is 0 Å². The zero-order valence-electron chi connectivity index (χ0n) is 9.21. The summed E-state index contributed by atoms with van der Waals surface area (Å²) in [6.07, 6.45) is 3.63. The molecule has 0 spiro atoms. The van der Waals surface area contributed by atoms with Crippen LogP contribution in [-0.2, 0) is 21.0 Å². The van der Waals surface area contributed by atoms with Gasteiger partial charge in [0.2, 0.25) is 0 Å². The van der Waals surface area contributed by atoms with Crippen LogP contribution < -0.4 is 0 Å². The third-order valence-electron chi connectivity index (χ3n) is 2.09. The summed E-state index contributed by atoms with van der Waals surface area (Å²) in [4.78, 5) is 8.58. The average Bonchev–Trinajstić information content (AvgIpc) is 2.32. The van der Waals surface area contributed by atoms with Gasteiger partial charge in [-0.15, -0.1) is 0 Å². The molecule has 0 saturated carbocycles. The molecule has 0 aliphatic rings. The first-order valence-electron chi connectivity index (χ1n) is 4.79. The van der Waals surface area contributed by atoms with E-state index in [1.165, 1.54) is 11.1 Å². The Bertz CT molecular complexity index is 431. The second-order valence-electron chi connectivity index (χ2n) is 3.44. The minimum atomic E-state index is 0.939. The van der Waals surface area contributed by atoms with E-state index in [-0.39, 0.29) is 0 Å². The van der Waals surface area contributed by atoms with E-state index in [0.29, 0.717) is 0 Å². The Morgan fingerprint density at radius 2 is 1.25 bits per heavy atom. The second kappa shape index (κ2) is 6.31. The van der Waals surface area contributed by atoms with E-state index in [4.69, 9.17) is 3.67 Å². The van der Waals surface area contributed by atoms with E-state index in [2.05, 4.69) is 23.8 Å². The van der Waals surface area contributed by atoms with Crippen molar-refractivity contribution in [2.45, 2.75) is 13.8 Å². The Labute approximate surface area is 104 Å². The molecule has 0 fully saturated rings. The van der Waals surface area contributed by atoms with Crippen LogP contribution in [0.15, 0.2) is 36.7 Å². The van der Waals surface area contributed by atoms with Gasteiger partial charge in [-0.2, -0.15) is 0 Å². The third-order valence-corrected chi connectivity index (χ3v) is 2.09. The Morgan fingerprint density at radius 1 is 0.875 bits per heavy atom. The molecular weight excluding hydrogens is 239 g/mol. The average molecular weight is 251 g/mol. The standard InChI is InChI=1S/C12H12N2.O.V/c1-9-3-5-13-11(7-9)12-8-10(2)4-6-14-12;;/h3-8H,1-2H3;;. The first kappa shape index (κ1) is 12.8. The van der Waals surface area contributed by atoms with Gasteiger partial charge in [-0.25, -0.2) is 0 Å². The van der Waals surface area contributed by atoms with Gasteiger partial charge in [0.05, 0.1) is 11.4 Å². The predicted molar refractivity (Wildman–Crippen MR) is 57.6 cm³/mol. The van der Waals surface area contributed by atoms with Gasteiger partial charge in [0, 0.05) is 12.4 Å². The maximum absolute atomic E-state index is 8.19. The Morgan fingerprint density at radius 3 is 1.56 bits per heavy atom. The van der Waals surface area contributed by atoms with Crippen molar-refractivity contribution in [3.05, 3.63) is 47.8 Å². The Kier molecular flexibility index (Phi) is 5.03. The fourth-order valence-corrected chi connectivity index (χ4v) is 1.35. The number of nitrogens with zero attached hydrogens (tertiary/aromatic N) is 2. The Balaban J connectivity index is 0.000000606. The van der Waals surface area contributed by atoms with Crippen LogP contribution in [0.5, 0.6) is 0 Å². The van der Waals surface area contributed by atoms with Crippen LogP contribution in [0.2, 0.25) is 0 Å². The molecule has 0 unspecified atom stereocenters. The number of rotatable bonds is 1. The van der Waals surface area contributed by atoms with E-state index in [1.54, 1.807) is 0 Å². The molecule has 0 aromatic carbocycles. The molecule has 0 bridgehead atoms. The summed E-state index contributed by atoms with van der Waals surface area (Å²) >= 11 is 1.06. The molecule has 0 aliphatic heterocycles. The molecule has 16 heavy (non-hydrogen) atoms. The van der Waals surface area contributed by atoms with Crippen LogP contribution in [0.3, 0.4) is 0 Å². The van der Waals surface area contributed by atoms with E-state index >= 15 is 0 Å². The zero-order valence-corrected chi connectivity index (χ0v) is 10.6. The molecule has 0 saturated heterocycles. The number of hydrogen-bond donors (Lipinski definition) is 0. The van der Waals surface area contributed by atoms with Crippen LogP contribution >= 0.6 is 0 Å². The molecule has 2 aromatic rings. The molecule has 0 N–H and O–H groups in total. The normalized spacial score (nSPS) is 9.06. The SMILES string of the molecule is Cc1ccnc(-c2cc(C)ccn2)c1.[O]=[V]. The number of aromatic nitrogens is 2. The van der Waals surface area contributed by atoms with Crippen molar-refractivity contribution < 1.29 is 21.0 Å². The van der Waals surface area contributed by atoms with E-state index in [0.717, 1.165) is 28.8 Å². The maximum atomic E-state index is 8.19. The summed E-state index contributed by atoms with van der Waals surface area (Å²) in [6.45, 7) is 4.11. The molecule has 0 radical (unpaired) electrons. The van der Waals surface area contributed by atoms with Gasteiger partial charge in [-0.05, 0) is 49.2 Å². The van der Waals surface area contributed by atoms with Crippen LogP contribution in [0, 0.1) is 13.8 Å². The minimum absolute atomic E-state index is 0.939. The summed E-state index contributed by atoms with van der Waals surface area (Å²) in [5.41, 5.74) is 4.29. The molecule has 4 heteroatoms. The van der Waals surface area contributed by atoms with Crippen molar-refractivity contribution in [3.63, 3.8) is 0 Å². The molecule has 2 aromatic heterocycles. The molecule has 0 aliphatic carbocycles. The van der Waals surface area contributed by atoms with Crippen molar-refractivity contribution >= 4 is 0 Å². The molecule has 2 rings (SSSR count). The van der Waals surface area contributed by atoms with Crippen LogP contribution in [0.1, 0.15) is 11.1 Å². The van der Waals surface area contributed by atoms with Gasteiger partial charge in [0.1, 0.15) is 0 Å². The first-order chi connectivity index (χ1) is 7.75. The summed E-state index contributed by atoms with van der Waals surface area (Å²) in [6, 6.07) is 8.06. The molecule has 0 amide bonds. The van der Waals surface area contributed by atoms with Crippen LogP contribution in [0.25, 0.3) is 11.4 Å². The van der Waals surface area contributed by atoms with Crippen molar-refractivity contribution in [3.8, 4) is 11.4 Å². The number of pyridine rings is 2. The zero-order chi connectivity index (χ0) is 12.0. The second-order valence-corrected chi connectivity index (χ2v) is 3.44. The summed E-state index contributed by atoms with van der Waals surface area (Å²) in [5.74, 6) is 0. The van der Waals surface area contributed by atoms with Crippen LogP contribution in [-0.4, -0.2) is 9.97 Å². The van der Waals surface area contributed by atoms with Crippen molar-refractivity contribution in [2.75, 3.05) is 0 Å². The summed E-state index contributed by atoms with van der Waals surface area (Å²) in [7, 11) is 0. The summed E-state index contributed by atoms with van der Waals surface area (Å²) < 4.78 is 8.19. The number of hydrogen-bond acceptors (Lipinski definition) is 3. The van der Waals surface area contributed by atoms with E-state index in [9.17, 15) is 0 Å². The van der Waals surface area contributed by atoms with Crippen molar-refractivity contribution in [1.82, 2.24) is 9.97 Å². The quantitative estimate of drug-likeness (QED) is 0.782. The van der Waals surface area contributed by atoms with Gasteiger partial charge in [-0.1, -0.05) is 0 Å². The molecule has 3 nitrogen and oxygen atoms in total. The van der Waals surface area contributed by atoms with E-state index < -0.39 is 0 Å². The van der Waals surface area contributed by atoms with Crippen molar-refractivity contribution in [2.24, 2.45) is 0 Å². The van der Waals surface area contributed by atoms with Gasteiger partial charge < -0.3 is 0 Å². The molecule has 2 heterocycles. The fourth-order valence-electron chi connectivity index (χ4n) is 1.35. The number of aryl methyl sites for hydroxylation is 2. The molecule has 0 atom stereocenters. The Hall–Kier alpha value is -1.32. The van der Waals surface area contributed by atoms with Gasteiger partial charge in [0.25, 0.3) is 0 Å². The topological polar surface area (TPSA) is 42.9 Å². The predicted octanol–water partition coefficient (Wildman–Crippen LogP) is 2.64. The van der Waals surface area contributed by atoms with Gasteiger partial charge >= 0.3 is 21.0 Å². The third kappa shape index (κ3) is 3.37. The summed E-state index contributed by atoms with van der Waals surface area (Å²) in [5, 5.41) is 0. The van der Waals surface area contributed by atoms with Gasteiger partial charge in [0.15, 0.2) is 0 Å². The monoisotopic (exact) mass is 251 g/mol. The first-order valence-corrected chi connectivity index (χ1v) is 5.37.